The van der Waals surface area contributed by atoms with Crippen molar-refractivity contribution in [3.63, 3.8) is 0 Å². The second kappa shape index (κ2) is 9.64. The van der Waals surface area contributed by atoms with E-state index >= 15 is 0 Å². The summed E-state index contributed by atoms with van der Waals surface area (Å²) in [6.07, 6.45) is 3.71. The lowest BCUT2D eigenvalue weighted by atomic mass is 9.95. The molecule has 11 heteroatoms. The molecule has 1 fully saturated rings. The minimum atomic E-state index is -4.00. The molecule has 1 atom stereocenters. The van der Waals surface area contributed by atoms with E-state index in [4.69, 9.17) is 9.47 Å². The maximum Gasteiger partial charge on any atom is 0.244 e. The van der Waals surface area contributed by atoms with E-state index in [1.807, 2.05) is 29.2 Å². The lowest BCUT2D eigenvalue weighted by molar-refractivity contribution is -0.136. The Morgan fingerprint density at radius 1 is 0.865 bits per heavy atom. The average Bonchev–Trinajstić information content (AvgIpc) is 2.96. The Hall–Kier alpha value is -3.70. The Bertz CT molecular complexity index is 1410. The van der Waals surface area contributed by atoms with Gasteiger partial charge in [0.05, 0.1) is 4.90 Å². The number of carbonyl (C=O) groups is 1. The van der Waals surface area contributed by atoms with Crippen LogP contribution in [0.3, 0.4) is 0 Å². The topological polar surface area (TPSA) is 105 Å². The molecule has 0 radical (unpaired) electrons. The van der Waals surface area contributed by atoms with E-state index in [0.717, 1.165) is 11.1 Å². The van der Waals surface area contributed by atoms with Crippen LogP contribution < -0.4 is 14.4 Å². The van der Waals surface area contributed by atoms with Gasteiger partial charge in [-0.25, -0.2) is 18.4 Å². The molecule has 1 saturated heterocycles. The lowest BCUT2D eigenvalue weighted by Crippen LogP contribution is -2.57. The monoisotopic (exact) mass is 521 g/mol. The first-order chi connectivity index (χ1) is 18.0. The van der Waals surface area contributed by atoms with Gasteiger partial charge < -0.3 is 19.3 Å². The van der Waals surface area contributed by atoms with Gasteiger partial charge >= 0.3 is 0 Å². The van der Waals surface area contributed by atoms with Gasteiger partial charge in [-0.05, 0) is 35.7 Å². The van der Waals surface area contributed by atoms with Crippen molar-refractivity contribution in [1.82, 2.24) is 19.2 Å². The van der Waals surface area contributed by atoms with Gasteiger partial charge in [0.25, 0.3) is 0 Å². The SMILES string of the molecule is O=C([C@H]1Cc2ccccc2CN1S(=O)(=O)c1ccc2c(c1)OCCO2)N1CCN(c2ncccn2)CC1. The van der Waals surface area contributed by atoms with E-state index in [1.165, 1.54) is 16.4 Å². The third kappa shape index (κ3) is 4.49. The zero-order valence-electron chi connectivity index (χ0n) is 20.2. The minimum absolute atomic E-state index is 0.0833. The minimum Gasteiger partial charge on any atom is -0.486 e. The van der Waals surface area contributed by atoms with E-state index in [1.54, 1.807) is 29.4 Å². The zero-order valence-corrected chi connectivity index (χ0v) is 21.0. The number of piperazine rings is 1. The fraction of sp³-hybridized carbons (Fsp3) is 0.346. The number of ether oxygens (including phenoxy) is 2. The Labute approximate surface area is 215 Å². The third-order valence-corrected chi connectivity index (χ3v) is 8.89. The van der Waals surface area contributed by atoms with Crippen molar-refractivity contribution < 1.29 is 22.7 Å². The molecule has 3 aromatic rings. The average molecular weight is 522 g/mol. The summed E-state index contributed by atoms with van der Waals surface area (Å²) in [4.78, 5) is 26.3. The van der Waals surface area contributed by atoms with Crippen LogP contribution in [0, 0.1) is 0 Å². The van der Waals surface area contributed by atoms with Crippen LogP contribution in [0.2, 0.25) is 0 Å². The number of fused-ring (bicyclic) bond motifs is 2. The Morgan fingerprint density at radius 2 is 1.57 bits per heavy atom. The quantitative estimate of drug-likeness (QED) is 0.511. The molecule has 0 spiro atoms. The number of aromatic nitrogens is 2. The first kappa shape index (κ1) is 23.7. The van der Waals surface area contributed by atoms with Crippen molar-refractivity contribution in [2.75, 3.05) is 44.3 Å². The number of sulfonamides is 1. The highest BCUT2D eigenvalue weighted by molar-refractivity contribution is 7.89. The molecule has 192 valence electrons. The highest BCUT2D eigenvalue weighted by Crippen LogP contribution is 2.36. The fourth-order valence-corrected chi connectivity index (χ4v) is 6.65. The first-order valence-corrected chi connectivity index (χ1v) is 13.7. The summed E-state index contributed by atoms with van der Waals surface area (Å²) in [7, 11) is -4.00. The second-order valence-electron chi connectivity index (χ2n) is 9.21. The molecule has 2 aromatic carbocycles. The van der Waals surface area contributed by atoms with Crippen LogP contribution in [-0.4, -0.2) is 78.9 Å². The second-order valence-corrected chi connectivity index (χ2v) is 11.1. The van der Waals surface area contributed by atoms with Gasteiger partial charge in [0.15, 0.2) is 11.5 Å². The summed E-state index contributed by atoms with van der Waals surface area (Å²) in [5, 5.41) is 0. The van der Waals surface area contributed by atoms with Crippen LogP contribution in [0.1, 0.15) is 11.1 Å². The summed E-state index contributed by atoms with van der Waals surface area (Å²) in [5.41, 5.74) is 1.89. The molecule has 37 heavy (non-hydrogen) atoms. The number of hydrogen-bond donors (Lipinski definition) is 0. The standard InChI is InChI=1S/C26H27N5O5S/c32-25(29-10-12-30(13-11-29)26-27-8-3-9-28-26)22-16-19-4-1-2-5-20(19)18-31(22)37(33,34)21-6-7-23-24(17-21)36-15-14-35-23/h1-9,17,22H,10-16,18H2/t22-/m1/s1. The smallest absolute Gasteiger partial charge is 0.244 e. The van der Waals surface area contributed by atoms with Crippen LogP contribution in [0.4, 0.5) is 5.95 Å². The summed E-state index contributed by atoms with van der Waals surface area (Å²) in [6.45, 7) is 2.99. The van der Waals surface area contributed by atoms with Gasteiger partial charge in [-0.3, -0.25) is 4.79 Å². The molecular formula is C26H27N5O5S. The summed E-state index contributed by atoms with van der Waals surface area (Å²) < 4.78 is 40.4. The van der Waals surface area contributed by atoms with Crippen molar-refractivity contribution in [2.24, 2.45) is 0 Å². The molecule has 0 unspecified atom stereocenters. The fourth-order valence-electron chi connectivity index (χ4n) is 5.07. The number of rotatable bonds is 4. The van der Waals surface area contributed by atoms with Crippen molar-refractivity contribution in [3.05, 3.63) is 72.1 Å². The van der Waals surface area contributed by atoms with Gasteiger partial charge in [-0.1, -0.05) is 24.3 Å². The normalized spacial score (nSPS) is 19.8. The molecule has 0 bridgehead atoms. The van der Waals surface area contributed by atoms with Crippen molar-refractivity contribution in [2.45, 2.75) is 23.9 Å². The summed E-state index contributed by atoms with van der Waals surface area (Å²) in [5.74, 6) is 1.35. The predicted molar refractivity (Wildman–Crippen MR) is 135 cm³/mol. The zero-order chi connectivity index (χ0) is 25.4. The molecule has 1 amide bonds. The number of anilines is 1. The van der Waals surface area contributed by atoms with Crippen LogP contribution in [0.25, 0.3) is 0 Å². The molecule has 4 heterocycles. The molecule has 10 nitrogen and oxygen atoms in total. The molecule has 0 aliphatic carbocycles. The molecule has 1 aromatic heterocycles. The van der Waals surface area contributed by atoms with Crippen LogP contribution in [-0.2, 0) is 27.8 Å². The van der Waals surface area contributed by atoms with Crippen LogP contribution in [0.5, 0.6) is 11.5 Å². The maximum atomic E-state index is 14.0. The number of carbonyl (C=O) groups excluding carboxylic acids is 1. The first-order valence-electron chi connectivity index (χ1n) is 12.3. The van der Waals surface area contributed by atoms with Crippen molar-refractivity contribution in [3.8, 4) is 11.5 Å². The van der Waals surface area contributed by atoms with E-state index in [2.05, 4.69) is 9.97 Å². The molecule has 3 aliphatic rings. The lowest BCUT2D eigenvalue weighted by Gasteiger charge is -2.40. The Morgan fingerprint density at radius 3 is 2.32 bits per heavy atom. The molecular weight excluding hydrogens is 494 g/mol. The number of nitrogens with zero attached hydrogens (tertiary/aromatic N) is 5. The van der Waals surface area contributed by atoms with E-state index in [0.29, 0.717) is 63.3 Å². The van der Waals surface area contributed by atoms with Crippen LogP contribution in [0.15, 0.2) is 65.8 Å². The third-order valence-electron chi connectivity index (χ3n) is 7.04. The largest absolute Gasteiger partial charge is 0.486 e. The molecule has 6 rings (SSSR count). The number of benzene rings is 2. The van der Waals surface area contributed by atoms with Crippen molar-refractivity contribution in [1.29, 1.82) is 0 Å². The van der Waals surface area contributed by atoms with E-state index in [-0.39, 0.29) is 17.3 Å². The van der Waals surface area contributed by atoms with Gasteiger partial charge in [0.2, 0.25) is 21.9 Å². The van der Waals surface area contributed by atoms with Crippen LogP contribution >= 0.6 is 0 Å². The maximum absolute atomic E-state index is 14.0. The Balaban J connectivity index is 1.28. The van der Waals surface area contributed by atoms with Gasteiger partial charge in [-0.15, -0.1) is 0 Å². The summed E-state index contributed by atoms with van der Waals surface area (Å²) in [6, 6.07) is 13.2. The number of hydrogen-bond acceptors (Lipinski definition) is 8. The molecule has 0 N–H and O–H groups in total. The highest BCUT2D eigenvalue weighted by atomic mass is 32.2. The van der Waals surface area contributed by atoms with Gasteiger partial charge in [-0.2, -0.15) is 4.31 Å². The number of amides is 1. The predicted octanol–water partition coefficient (Wildman–Crippen LogP) is 1.71. The van der Waals surface area contributed by atoms with Gasteiger partial charge in [0.1, 0.15) is 19.3 Å². The van der Waals surface area contributed by atoms with Gasteiger partial charge in [0, 0.05) is 51.2 Å². The van der Waals surface area contributed by atoms with Crippen molar-refractivity contribution >= 4 is 21.9 Å². The highest BCUT2D eigenvalue weighted by Gasteiger charge is 2.42. The van der Waals surface area contributed by atoms with E-state index < -0.39 is 16.1 Å². The Kier molecular flexibility index (Phi) is 6.17. The summed E-state index contributed by atoms with van der Waals surface area (Å²) >= 11 is 0. The molecule has 3 aliphatic heterocycles. The molecule has 0 saturated carbocycles. The van der Waals surface area contributed by atoms with E-state index in [9.17, 15) is 13.2 Å².